The molecule has 0 aromatic carbocycles. The summed E-state index contributed by atoms with van der Waals surface area (Å²) in [5.41, 5.74) is 0. The SMILES string of the molecule is OC1CNC(CNCC(F)F)C1. The van der Waals surface area contributed by atoms with Gasteiger partial charge in [0.05, 0.1) is 12.6 Å². The summed E-state index contributed by atoms with van der Waals surface area (Å²) in [4.78, 5) is 0. The summed E-state index contributed by atoms with van der Waals surface area (Å²) < 4.78 is 23.3. The minimum atomic E-state index is -2.30. The Morgan fingerprint density at radius 3 is 2.83 bits per heavy atom. The number of hydrogen-bond donors (Lipinski definition) is 3. The zero-order valence-corrected chi connectivity index (χ0v) is 6.76. The highest BCUT2D eigenvalue weighted by Crippen LogP contribution is 2.04. The molecule has 3 N–H and O–H groups in total. The summed E-state index contributed by atoms with van der Waals surface area (Å²) in [5.74, 6) is 0. The smallest absolute Gasteiger partial charge is 0.250 e. The Morgan fingerprint density at radius 1 is 1.58 bits per heavy atom. The van der Waals surface area contributed by atoms with Gasteiger partial charge in [0, 0.05) is 19.1 Å². The lowest BCUT2D eigenvalue weighted by Gasteiger charge is -2.10. The quantitative estimate of drug-likeness (QED) is 0.549. The fourth-order valence-electron chi connectivity index (χ4n) is 1.32. The van der Waals surface area contributed by atoms with Gasteiger partial charge in [-0.25, -0.2) is 8.78 Å². The predicted molar refractivity (Wildman–Crippen MR) is 41.3 cm³/mol. The molecular weight excluding hydrogens is 166 g/mol. The highest BCUT2D eigenvalue weighted by molar-refractivity contribution is 4.82. The van der Waals surface area contributed by atoms with Crippen LogP contribution < -0.4 is 10.6 Å². The van der Waals surface area contributed by atoms with Gasteiger partial charge < -0.3 is 15.7 Å². The first kappa shape index (κ1) is 9.83. The Labute approximate surface area is 70.1 Å². The van der Waals surface area contributed by atoms with Gasteiger partial charge >= 0.3 is 0 Å². The van der Waals surface area contributed by atoms with Crippen molar-refractivity contribution in [2.24, 2.45) is 0 Å². The van der Waals surface area contributed by atoms with Gasteiger partial charge in [0.25, 0.3) is 6.43 Å². The molecule has 1 rings (SSSR count). The summed E-state index contributed by atoms with van der Waals surface area (Å²) in [6.07, 6.45) is -1.96. The van der Waals surface area contributed by atoms with E-state index in [9.17, 15) is 8.78 Å². The molecule has 0 aliphatic carbocycles. The molecule has 1 aliphatic rings. The van der Waals surface area contributed by atoms with Crippen LogP contribution in [0, 0.1) is 0 Å². The van der Waals surface area contributed by atoms with Crippen LogP contribution in [0.4, 0.5) is 8.78 Å². The summed E-state index contributed by atoms with van der Waals surface area (Å²) >= 11 is 0. The fraction of sp³-hybridized carbons (Fsp3) is 1.00. The van der Waals surface area contributed by atoms with E-state index < -0.39 is 6.43 Å². The molecular formula is C7H14F2N2O. The highest BCUT2D eigenvalue weighted by atomic mass is 19.3. The van der Waals surface area contributed by atoms with Gasteiger partial charge in [-0.15, -0.1) is 0 Å². The zero-order valence-electron chi connectivity index (χ0n) is 6.76. The largest absolute Gasteiger partial charge is 0.392 e. The van der Waals surface area contributed by atoms with Gasteiger partial charge in [-0.3, -0.25) is 0 Å². The molecule has 1 fully saturated rings. The number of nitrogens with one attached hydrogen (secondary N) is 2. The molecule has 3 nitrogen and oxygen atoms in total. The molecule has 2 unspecified atom stereocenters. The molecule has 1 heterocycles. The third kappa shape index (κ3) is 3.42. The monoisotopic (exact) mass is 180 g/mol. The Hall–Kier alpha value is -0.260. The van der Waals surface area contributed by atoms with Crippen LogP contribution in [0.1, 0.15) is 6.42 Å². The van der Waals surface area contributed by atoms with Crippen molar-refractivity contribution >= 4 is 0 Å². The van der Waals surface area contributed by atoms with Crippen molar-refractivity contribution in [2.75, 3.05) is 19.6 Å². The molecule has 0 radical (unpaired) electrons. The zero-order chi connectivity index (χ0) is 8.97. The van der Waals surface area contributed by atoms with E-state index in [1.165, 1.54) is 0 Å². The van der Waals surface area contributed by atoms with Crippen LogP contribution in [-0.2, 0) is 0 Å². The predicted octanol–water partition coefficient (Wildman–Crippen LogP) is -0.436. The topological polar surface area (TPSA) is 44.3 Å². The molecule has 12 heavy (non-hydrogen) atoms. The van der Waals surface area contributed by atoms with Crippen LogP contribution in [0.15, 0.2) is 0 Å². The number of halogens is 2. The fourth-order valence-corrected chi connectivity index (χ4v) is 1.32. The second-order valence-corrected chi connectivity index (χ2v) is 3.04. The van der Waals surface area contributed by atoms with E-state index in [2.05, 4.69) is 10.6 Å². The molecule has 0 aromatic heterocycles. The first-order valence-corrected chi connectivity index (χ1v) is 4.09. The second-order valence-electron chi connectivity index (χ2n) is 3.04. The van der Waals surface area contributed by atoms with E-state index in [-0.39, 0.29) is 18.7 Å². The van der Waals surface area contributed by atoms with E-state index >= 15 is 0 Å². The van der Waals surface area contributed by atoms with Crippen LogP contribution in [0.2, 0.25) is 0 Å². The second kappa shape index (κ2) is 4.69. The molecule has 2 atom stereocenters. The van der Waals surface area contributed by atoms with Crippen molar-refractivity contribution in [1.82, 2.24) is 10.6 Å². The summed E-state index contributed by atoms with van der Waals surface area (Å²) in [7, 11) is 0. The van der Waals surface area contributed by atoms with E-state index in [4.69, 9.17) is 5.11 Å². The van der Waals surface area contributed by atoms with Gasteiger partial charge in [0.15, 0.2) is 0 Å². The Morgan fingerprint density at radius 2 is 2.33 bits per heavy atom. The normalized spacial score (nSPS) is 30.0. The molecule has 72 valence electrons. The van der Waals surface area contributed by atoms with Gasteiger partial charge in [0.1, 0.15) is 0 Å². The first-order valence-electron chi connectivity index (χ1n) is 4.09. The number of alkyl halides is 2. The van der Waals surface area contributed by atoms with Crippen molar-refractivity contribution in [3.63, 3.8) is 0 Å². The number of β-amino-alcohol motifs (C(OH)–C–C–N with tert-alkyl or cyclic N) is 1. The number of hydrogen-bond acceptors (Lipinski definition) is 3. The summed E-state index contributed by atoms with van der Waals surface area (Å²) in [6.45, 7) is 0.802. The lowest BCUT2D eigenvalue weighted by atomic mass is 10.2. The summed E-state index contributed by atoms with van der Waals surface area (Å²) in [5, 5.41) is 14.7. The maximum atomic E-state index is 11.7. The number of aliphatic hydroxyl groups excluding tert-OH is 1. The van der Waals surface area contributed by atoms with Gasteiger partial charge in [-0.05, 0) is 6.42 Å². The third-order valence-electron chi connectivity index (χ3n) is 1.89. The minimum Gasteiger partial charge on any atom is -0.392 e. The van der Waals surface area contributed by atoms with E-state index in [1.807, 2.05) is 0 Å². The average molecular weight is 180 g/mol. The van der Waals surface area contributed by atoms with Crippen LogP contribution in [-0.4, -0.2) is 43.3 Å². The Bertz CT molecular complexity index is 135. The van der Waals surface area contributed by atoms with Crippen molar-refractivity contribution in [3.8, 4) is 0 Å². The molecule has 0 aromatic rings. The van der Waals surface area contributed by atoms with Gasteiger partial charge in [-0.2, -0.15) is 0 Å². The Balaban J connectivity index is 2.00. The van der Waals surface area contributed by atoms with Crippen molar-refractivity contribution in [1.29, 1.82) is 0 Å². The lowest BCUT2D eigenvalue weighted by Crippen LogP contribution is -2.35. The van der Waals surface area contributed by atoms with Crippen molar-refractivity contribution in [2.45, 2.75) is 25.0 Å². The minimum absolute atomic E-state index is 0.138. The van der Waals surface area contributed by atoms with Crippen LogP contribution in [0.5, 0.6) is 0 Å². The number of aliphatic hydroxyl groups is 1. The van der Waals surface area contributed by atoms with Crippen LogP contribution in [0.3, 0.4) is 0 Å². The third-order valence-corrected chi connectivity index (χ3v) is 1.89. The summed E-state index contributed by atoms with van der Waals surface area (Å²) in [6, 6.07) is 0.138. The van der Waals surface area contributed by atoms with Crippen LogP contribution in [0.25, 0.3) is 0 Å². The van der Waals surface area contributed by atoms with Gasteiger partial charge in [-0.1, -0.05) is 0 Å². The average Bonchev–Trinajstić information content (AvgIpc) is 2.35. The Kier molecular flexibility index (Phi) is 3.84. The molecule has 0 spiro atoms. The lowest BCUT2D eigenvalue weighted by molar-refractivity contribution is 0.145. The van der Waals surface area contributed by atoms with Gasteiger partial charge in [0.2, 0.25) is 0 Å². The highest BCUT2D eigenvalue weighted by Gasteiger charge is 2.21. The molecule has 0 amide bonds. The maximum absolute atomic E-state index is 11.7. The molecule has 0 bridgehead atoms. The molecule has 1 aliphatic heterocycles. The molecule has 1 saturated heterocycles. The molecule has 0 saturated carbocycles. The molecule has 5 heteroatoms. The van der Waals surface area contributed by atoms with Crippen LogP contribution >= 0.6 is 0 Å². The maximum Gasteiger partial charge on any atom is 0.250 e. The van der Waals surface area contributed by atoms with E-state index in [1.54, 1.807) is 0 Å². The number of rotatable bonds is 4. The van der Waals surface area contributed by atoms with E-state index in [0.29, 0.717) is 19.5 Å². The standard InChI is InChI=1S/C7H14F2N2O/c8-7(9)4-10-2-5-1-6(12)3-11-5/h5-7,10-12H,1-4H2. The first-order chi connectivity index (χ1) is 5.68. The van der Waals surface area contributed by atoms with Crippen molar-refractivity contribution in [3.05, 3.63) is 0 Å². The van der Waals surface area contributed by atoms with E-state index in [0.717, 1.165) is 0 Å². The van der Waals surface area contributed by atoms with Crippen molar-refractivity contribution < 1.29 is 13.9 Å².